The van der Waals surface area contributed by atoms with Crippen LogP contribution in [0.4, 0.5) is 49.5 Å². The van der Waals surface area contributed by atoms with Crippen molar-refractivity contribution in [3.63, 3.8) is 0 Å². The smallest absolute Gasteiger partial charge is 0.489 e. The summed E-state index contributed by atoms with van der Waals surface area (Å²) in [4.78, 5) is 26.9. The number of hydrogen-bond acceptors (Lipinski definition) is 10. The SMILES string of the molecule is Cc1cc(Nc2ncc(Cl)c(Nc3ccccc3S(=O)(=O)C(C)C)n2)c(OC(C)C)cc1C1CCCNC1.O=C(O)C(F)(F)F.O=C(O)C(F)(F)F. The lowest BCUT2D eigenvalue weighted by molar-refractivity contribution is -0.193. The van der Waals surface area contributed by atoms with Crippen molar-refractivity contribution in [2.75, 3.05) is 23.7 Å². The molecule has 2 aromatic carbocycles. The van der Waals surface area contributed by atoms with E-state index in [4.69, 9.17) is 36.1 Å². The number of carboxylic acids is 2. The fourth-order valence-electron chi connectivity index (χ4n) is 4.54. The van der Waals surface area contributed by atoms with E-state index >= 15 is 0 Å². The van der Waals surface area contributed by atoms with Gasteiger partial charge in [0.25, 0.3) is 0 Å². The number of rotatable bonds is 9. The number of aliphatic carboxylic acids is 2. The number of anilines is 4. The number of aryl methyl sites for hydroxylation is 1. The molecule has 2 heterocycles. The summed E-state index contributed by atoms with van der Waals surface area (Å²) in [5.41, 5.74) is 3.59. The molecule has 1 fully saturated rings. The third-order valence-corrected chi connectivity index (χ3v) is 9.50. The molecule has 0 amide bonds. The fourth-order valence-corrected chi connectivity index (χ4v) is 5.88. The molecule has 3 aromatic rings. The van der Waals surface area contributed by atoms with E-state index in [2.05, 4.69) is 45.0 Å². The van der Waals surface area contributed by atoms with Gasteiger partial charge in [0.15, 0.2) is 15.7 Å². The predicted molar refractivity (Wildman–Crippen MR) is 182 cm³/mol. The molecule has 0 saturated carbocycles. The van der Waals surface area contributed by atoms with Crippen LogP contribution in [0.5, 0.6) is 5.75 Å². The minimum Gasteiger partial charge on any atom is -0.489 e. The van der Waals surface area contributed by atoms with Crippen LogP contribution in [0.15, 0.2) is 47.5 Å². The number of halogens is 7. The van der Waals surface area contributed by atoms with Gasteiger partial charge in [0.2, 0.25) is 5.95 Å². The highest BCUT2D eigenvalue weighted by Crippen LogP contribution is 2.37. The number of alkyl halides is 6. The minimum atomic E-state index is -5.08. The number of hydrogen-bond donors (Lipinski definition) is 5. The number of aromatic nitrogens is 2. The van der Waals surface area contributed by atoms with E-state index in [0.29, 0.717) is 23.4 Å². The Labute approximate surface area is 300 Å². The molecular weight excluding hydrogens is 748 g/mol. The van der Waals surface area contributed by atoms with Gasteiger partial charge in [-0.3, -0.25) is 0 Å². The summed E-state index contributed by atoms with van der Waals surface area (Å²) in [6.07, 6.45) is -6.40. The highest BCUT2D eigenvalue weighted by atomic mass is 35.5. The standard InChI is InChI=1S/C28H36ClN5O3S.2C2HF3O2/c1-17(2)37-25-14-21(20-9-8-12-30-15-20)19(5)13-24(25)33-28-31-16-22(29)27(34-28)32-23-10-6-7-11-26(23)38(35,36)18(3)4;2*3-2(4,5)1(6)7/h6-7,10-11,13-14,16-18,20,30H,8-9,12,15H2,1-5H3,(H2,31,32,33,34);2*(H,6,7). The first-order valence-electron chi connectivity index (χ1n) is 15.5. The first-order valence-corrected chi connectivity index (χ1v) is 17.4. The van der Waals surface area contributed by atoms with Crippen molar-refractivity contribution in [3.8, 4) is 5.75 Å². The Balaban J connectivity index is 0.000000564. The maximum atomic E-state index is 12.9. The van der Waals surface area contributed by atoms with Gasteiger partial charge in [-0.25, -0.2) is 23.0 Å². The van der Waals surface area contributed by atoms with Crippen LogP contribution in [0.3, 0.4) is 0 Å². The molecule has 1 aliphatic heterocycles. The van der Waals surface area contributed by atoms with E-state index in [9.17, 15) is 34.8 Å². The lowest BCUT2D eigenvalue weighted by Crippen LogP contribution is -2.28. The Hall–Kier alpha value is -4.36. The Morgan fingerprint density at radius 3 is 2.06 bits per heavy atom. The number of para-hydroxylation sites is 1. The lowest BCUT2D eigenvalue weighted by atomic mass is 9.88. The normalized spacial score (nSPS) is 14.8. The van der Waals surface area contributed by atoms with Crippen LogP contribution in [-0.4, -0.2) is 77.3 Å². The minimum absolute atomic E-state index is 0.0154. The predicted octanol–water partition coefficient (Wildman–Crippen LogP) is 7.63. The van der Waals surface area contributed by atoms with Crippen molar-refractivity contribution < 1.29 is 59.3 Å². The maximum absolute atomic E-state index is 12.9. The molecule has 0 spiro atoms. The first-order chi connectivity index (χ1) is 23.9. The summed E-state index contributed by atoms with van der Waals surface area (Å²) in [5.74, 6) is -3.74. The molecule has 1 aliphatic rings. The second-order valence-corrected chi connectivity index (χ2v) is 14.6. The zero-order valence-electron chi connectivity index (χ0n) is 28.5. The third kappa shape index (κ3) is 13.0. The number of nitrogens with one attached hydrogen (secondary N) is 3. The van der Waals surface area contributed by atoms with Crippen LogP contribution in [0.25, 0.3) is 0 Å². The lowest BCUT2D eigenvalue weighted by Gasteiger charge is -2.26. The molecule has 0 aliphatic carbocycles. The molecule has 4 rings (SSSR count). The van der Waals surface area contributed by atoms with E-state index in [1.807, 2.05) is 13.8 Å². The molecule has 1 unspecified atom stereocenters. The van der Waals surface area contributed by atoms with Gasteiger partial charge in [0, 0.05) is 6.54 Å². The van der Waals surface area contributed by atoms with Gasteiger partial charge >= 0.3 is 24.3 Å². The Morgan fingerprint density at radius 2 is 1.56 bits per heavy atom. The van der Waals surface area contributed by atoms with Crippen LogP contribution in [0, 0.1) is 6.92 Å². The number of sulfone groups is 1. The molecule has 0 radical (unpaired) electrons. The molecule has 20 heteroatoms. The zero-order valence-corrected chi connectivity index (χ0v) is 30.1. The second-order valence-electron chi connectivity index (χ2n) is 11.8. The van der Waals surface area contributed by atoms with E-state index in [1.165, 1.54) is 11.8 Å². The molecule has 288 valence electrons. The first kappa shape index (κ1) is 43.8. The quantitative estimate of drug-likeness (QED) is 0.134. The number of piperidine rings is 1. The van der Waals surface area contributed by atoms with Crippen molar-refractivity contribution in [3.05, 3.63) is 58.7 Å². The summed E-state index contributed by atoms with van der Waals surface area (Å²) in [5, 5.41) is 23.8. The highest BCUT2D eigenvalue weighted by molar-refractivity contribution is 7.92. The maximum Gasteiger partial charge on any atom is 0.490 e. The number of carboxylic acid groups (broad SMARTS) is 2. The van der Waals surface area contributed by atoms with E-state index < -0.39 is 39.4 Å². The van der Waals surface area contributed by atoms with Gasteiger partial charge in [0.1, 0.15) is 10.8 Å². The topological polar surface area (TPSA) is 180 Å². The van der Waals surface area contributed by atoms with Gasteiger partial charge in [0.05, 0.1) is 33.8 Å². The average molecular weight is 786 g/mol. The summed E-state index contributed by atoms with van der Waals surface area (Å²) < 4.78 is 95.5. The van der Waals surface area contributed by atoms with Crippen molar-refractivity contribution >= 4 is 56.5 Å². The Morgan fingerprint density at radius 1 is 0.981 bits per heavy atom. The number of carbonyl (C=O) groups is 2. The largest absolute Gasteiger partial charge is 0.490 e. The van der Waals surface area contributed by atoms with Crippen LogP contribution in [-0.2, 0) is 19.4 Å². The summed E-state index contributed by atoms with van der Waals surface area (Å²) >= 11 is 6.42. The van der Waals surface area contributed by atoms with E-state index in [1.54, 1.807) is 38.1 Å². The Kier molecular flexibility index (Phi) is 15.5. The summed E-state index contributed by atoms with van der Waals surface area (Å²) in [6, 6.07) is 10.9. The summed E-state index contributed by atoms with van der Waals surface area (Å²) in [6.45, 7) is 11.4. The van der Waals surface area contributed by atoms with E-state index in [-0.39, 0.29) is 16.0 Å². The number of nitrogens with zero attached hydrogens (tertiary/aromatic N) is 2. The molecule has 0 bridgehead atoms. The molecule has 1 saturated heterocycles. The van der Waals surface area contributed by atoms with Crippen LogP contribution >= 0.6 is 11.6 Å². The molecule has 5 N–H and O–H groups in total. The van der Waals surface area contributed by atoms with Gasteiger partial charge in [-0.05, 0) is 95.3 Å². The molecular formula is C32H38ClF6N5O7S. The van der Waals surface area contributed by atoms with Crippen molar-refractivity contribution in [1.29, 1.82) is 0 Å². The number of ether oxygens (including phenoxy) is 1. The Bertz CT molecular complexity index is 1780. The van der Waals surface area contributed by atoms with Crippen molar-refractivity contribution in [2.45, 2.75) is 82.0 Å². The molecule has 1 atom stereocenters. The molecule has 12 nitrogen and oxygen atoms in total. The van der Waals surface area contributed by atoms with Crippen LogP contribution in [0.1, 0.15) is 57.6 Å². The fraction of sp³-hybridized carbons (Fsp3) is 0.438. The molecule has 1 aromatic heterocycles. The second kappa shape index (κ2) is 18.4. The van der Waals surface area contributed by atoms with Crippen molar-refractivity contribution in [2.24, 2.45) is 0 Å². The zero-order chi connectivity index (χ0) is 39.6. The van der Waals surface area contributed by atoms with Crippen LogP contribution in [0.2, 0.25) is 5.02 Å². The summed E-state index contributed by atoms with van der Waals surface area (Å²) in [7, 11) is -3.52. The number of benzene rings is 2. The van der Waals surface area contributed by atoms with Crippen molar-refractivity contribution in [1.82, 2.24) is 15.3 Å². The monoisotopic (exact) mass is 785 g/mol. The highest BCUT2D eigenvalue weighted by Gasteiger charge is 2.39. The van der Waals surface area contributed by atoms with E-state index in [0.717, 1.165) is 42.9 Å². The van der Waals surface area contributed by atoms with Gasteiger partial charge in [-0.15, -0.1) is 0 Å². The van der Waals surface area contributed by atoms with Gasteiger partial charge < -0.3 is 30.9 Å². The van der Waals surface area contributed by atoms with Gasteiger partial charge in [-0.2, -0.15) is 31.3 Å². The van der Waals surface area contributed by atoms with Crippen LogP contribution < -0.4 is 20.7 Å². The molecule has 52 heavy (non-hydrogen) atoms. The average Bonchev–Trinajstić information content (AvgIpc) is 3.04. The third-order valence-electron chi connectivity index (χ3n) is 7.01. The van der Waals surface area contributed by atoms with Gasteiger partial charge in [-0.1, -0.05) is 23.7 Å².